The number of hydrogen-bond acceptors (Lipinski definition) is 6. The van der Waals surface area contributed by atoms with E-state index in [2.05, 4.69) is 15.5 Å². The Bertz CT molecular complexity index is 615. The van der Waals surface area contributed by atoms with Crippen LogP contribution in [0.25, 0.3) is 0 Å². The van der Waals surface area contributed by atoms with E-state index in [0.717, 1.165) is 13.1 Å². The highest BCUT2D eigenvalue weighted by Crippen LogP contribution is 2.26. The monoisotopic (exact) mass is 364 g/mol. The molecule has 0 radical (unpaired) electrons. The van der Waals surface area contributed by atoms with Gasteiger partial charge in [0.2, 0.25) is 5.91 Å². The van der Waals surface area contributed by atoms with Gasteiger partial charge in [-0.05, 0) is 25.2 Å². The van der Waals surface area contributed by atoms with Crippen molar-refractivity contribution in [2.45, 2.75) is 0 Å². The highest BCUT2D eigenvalue weighted by atomic mass is 16.5. The lowest BCUT2D eigenvalue weighted by Crippen LogP contribution is -2.47. The lowest BCUT2D eigenvalue weighted by atomic mass is 10.1. The molecular formula is C18H28N4O4. The van der Waals surface area contributed by atoms with Crippen LogP contribution in [0.2, 0.25) is 0 Å². The maximum Gasteiger partial charge on any atom is 0.254 e. The number of anilines is 1. The van der Waals surface area contributed by atoms with Gasteiger partial charge in [0.15, 0.2) is 0 Å². The maximum atomic E-state index is 12.7. The van der Waals surface area contributed by atoms with Crippen LogP contribution in [-0.2, 0) is 9.53 Å². The van der Waals surface area contributed by atoms with Crippen LogP contribution >= 0.6 is 0 Å². The Labute approximate surface area is 154 Å². The maximum absolute atomic E-state index is 12.7. The number of carbonyl (C=O) groups excluding carboxylic acids is 2. The van der Waals surface area contributed by atoms with Crippen LogP contribution < -0.4 is 15.4 Å². The predicted octanol–water partition coefficient (Wildman–Crippen LogP) is 0.257. The van der Waals surface area contributed by atoms with E-state index in [4.69, 9.17) is 9.47 Å². The molecular weight excluding hydrogens is 336 g/mol. The Morgan fingerprint density at radius 2 is 1.88 bits per heavy atom. The third-order valence-electron chi connectivity index (χ3n) is 4.28. The van der Waals surface area contributed by atoms with Crippen molar-refractivity contribution in [3.05, 3.63) is 23.8 Å². The number of nitrogens with zero attached hydrogens (tertiary/aromatic N) is 2. The van der Waals surface area contributed by atoms with Gasteiger partial charge in [-0.15, -0.1) is 0 Å². The van der Waals surface area contributed by atoms with Gasteiger partial charge in [-0.1, -0.05) is 0 Å². The molecule has 0 unspecified atom stereocenters. The zero-order valence-corrected chi connectivity index (χ0v) is 15.7. The molecule has 0 aromatic heterocycles. The van der Waals surface area contributed by atoms with E-state index >= 15 is 0 Å². The van der Waals surface area contributed by atoms with E-state index in [9.17, 15) is 9.59 Å². The van der Waals surface area contributed by atoms with E-state index in [1.54, 1.807) is 25.3 Å². The Morgan fingerprint density at radius 3 is 2.54 bits per heavy atom. The molecule has 8 nitrogen and oxygen atoms in total. The summed E-state index contributed by atoms with van der Waals surface area (Å²) in [4.78, 5) is 28.8. The normalized spacial score (nSPS) is 15.0. The number of piperazine rings is 1. The summed E-state index contributed by atoms with van der Waals surface area (Å²) in [6, 6.07) is 5.11. The summed E-state index contributed by atoms with van der Waals surface area (Å²) in [6.07, 6.45) is 0. The van der Waals surface area contributed by atoms with Crippen LogP contribution in [0, 0.1) is 0 Å². The van der Waals surface area contributed by atoms with Crippen molar-refractivity contribution in [1.82, 2.24) is 15.1 Å². The van der Waals surface area contributed by atoms with Gasteiger partial charge in [-0.25, -0.2) is 0 Å². The Balaban J connectivity index is 2.02. The molecule has 26 heavy (non-hydrogen) atoms. The minimum absolute atomic E-state index is 0.0329. The number of carbonyl (C=O) groups is 2. The third kappa shape index (κ3) is 5.69. The highest BCUT2D eigenvalue weighted by Gasteiger charge is 2.21. The predicted molar refractivity (Wildman–Crippen MR) is 99.8 cm³/mol. The summed E-state index contributed by atoms with van der Waals surface area (Å²) < 4.78 is 10.2. The molecule has 8 heteroatoms. The Morgan fingerprint density at radius 1 is 1.15 bits per heavy atom. The summed E-state index contributed by atoms with van der Waals surface area (Å²) in [5.74, 6) is 0.281. The molecule has 0 aliphatic carbocycles. The second-order valence-electron chi connectivity index (χ2n) is 6.23. The van der Waals surface area contributed by atoms with Crippen molar-refractivity contribution in [2.75, 3.05) is 72.5 Å². The van der Waals surface area contributed by atoms with Gasteiger partial charge in [-0.3, -0.25) is 9.59 Å². The molecule has 2 amide bonds. The summed E-state index contributed by atoms with van der Waals surface area (Å²) in [7, 11) is 5.18. The molecule has 144 valence electrons. The summed E-state index contributed by atoms with van der Waals surface area (Å²) >= 11 is 0. The molecule has 1 aliphatic rings. The lowest BCUT2D eigenvalue weighted by Gasteiger charge is -2.32. The molecule has 1 fully saturated rings. The van der Waals surface area contributed by atoms with Gasteiger partial charge in [0.25, 0.3) is 5.91 Å². The highest BCUT2D eigenvalue weighted by molar-refractivity contribution is 5.98. The van der Waals surface area contributed by atoms with E-state index < -0.39 is 0 Å². The molecule has 0 spiro atoms. The van der Waals surface area contributed by atoms with E-state index in [0.29, 0.717) is 43.2 Å². The largest absolute Gasteiger partial charge is 0.495 e. The van der Waals surface area contributed by atoms with Crippen LogP contribution in [0.15, 0.2) is 18.2 Å². The molecule has 0 bridgehead atoms. The molecule has 0 atom stereocenters. The quantitative estimate of drug-likeness (QED) is 0.644. The molecule has 1 aromatic carbocycles. The van der Waals surface area contributed by atoms with Gasteiger partial charge >= 0.3 is 0 Å². The van der Waals surface area contributed by atoms with Crippen LogP contribution in [0.4, 0.5) is 5.69 Å². The number of nitrogens with one attached hydrogen (secondary N) is 2. The number of amides is 2. The fourth-order valence-corrected chi connectivity index (χ4v) is 2.70. The average Bonchev–Trinajstić information content (AvgIpc) is 2.65. The smallest absolute Gasteiger partial charge is 0.254 e. The van der Waals surface area contributed by atoms with Crippen molar-refractivity contribution in [3.63, 3.8) is 0 Å². The minimum Gasteiger partial charge on any atom is -0.495 e. The van der Waals surface area contributed by atoms with Crippen molar-refractivity contribution < 1.29 is 19.1 Å². The fraction of sp³-hybridized carbons (Fsp3) is 0.556. The van der Waals surface area contributed by atoms with Crippen LogP contribution in [0.5, 0.6) is 5.75 Å². The average molecular weight is 364 g/mol. The number of hydrogen-bond donors (Lipinski definition) is 2. The van der Waals surface area contributed by atoms with Crippen molar-refractivity contribution in [2.24, 2.45) is 0 Å². The van der Waals surface area contributed by atoms with E-state index in [1.807, 2.05) is 11.9 Å². The Hall–Kier alpha value is -2.16. The molecule has 2 rings (SSSR count). The summed E-state index contributed by atoms with van der Waals surface area (Å²) in [6.45, 7) is 4.40. The fourth-order valence-electron chi connectivity index (χ4n) is 2.70. The topological polar surface area (TPSA) is 83.1 Å². The zero-order valence-electron chi connectivity index (χ0n) is 15.7. The van der Waals surface area contributed by atoms with Crippen LogP contribution in [0.3, 0.4) is 0 Å². The van der Waals surface area contributed by atoms with Gasteiger partial charge < -0.3 is 29.9 Å². The molecule has 2 N–H and O–H groups in total. The van der Waals surface area contributed by atoms with Crippen LogP contribution in [-0.4, -0.2) is 88.8 Å². The number of benzene rings is 1. The van der Waals surface area contributed by atoms with Crippen molar-refractivity contribution in [1.29, 1.82) is 0 Å². The first kappa shape index (κ1) is 20.2. The summed E-state index contributed by atoms with van der Waals surface area (Å²) in [5.41, 5.74) is 1.03. The molecule has 1 saturated heterocycles. The SMILES string of the molecule is COCCNCC(=O)Nc1cc(C(=O)N2CCN(C)CC2)ccc1OC. The van der Waals surface area contributed by atoms with Gasteiger partial charge in [0.05, 0.1) is 25.9 Å². The number of likely N-dealkylation sites (N-methyl/N-ethyl adjacent to an activating group) is 1. The molecule has 1 aliphatic heterocycles. The Kier molecular flexibility index (Phi) is 7.83. The van der Waals surface area contributed by atoms with E-state index in [-0.39, 0.29) is 18.4 Å². The first-order chi connectivity index (χ1) is 12.5. The van der Waals surface area contributed by atoms with Gasteiger partial charge in [-0.2, -0.15) is 0 Å². The first-order valence-corrected chi connectivity index (χ1v) is 8.70. The minimum atomic E-state index is -0.205. The number of ether oxygens (including phenoxy) is 2. The second kappa shape index (κ2) is 10.1. The number of methoxy groups -OCH3 is 2. The molecule has 1 aromatic rings. The molecule has 1 heterocycles. The number of rotatable bonds is 8. The summed E-state index contributed by atoms with van der Waals surface area (Å²) in [5, 5.41) is 5.78. The van der Waals surface area contributed by atoms with Crippen LogP contribution in [0.1, 0.15) is 10.4 Å². The standard InChI is InChI=1S/C18H28N4O4/c1-21-7-9-22(10-8-21)18(24)14-4-5-16(26-3)15(12-14)20-17(23)13-19-6-11-25-2/h4-5,12,19H,6-11,13H2,1-3H3,(H,20,23). The van der Waals surface area contributed by atoms with Crippen molar-refractivity contribution >= 4 is 17.5 Å². The lowest BCUT2D eigenvalue weighted by molar-refractivity contribution is -0.115. The van der Waals surface area contributed by atoms with E-state index in [1.165, 1.54) is 7.11 Å². The third-order valence-corrected chi connectivity index (χ3v) is 4.28. The van der Waals surface area contributed by atoms with Gasteiger partial charge in [0.1, 0.15) is 5.75 Å². The van der Waals surface area contributed by atoms with Crippen molar-refractivity contribution in [3.8, 4) is 5.75 Å². The zero-order chi connectivity index (χ0) is 18.9. The second-order valence-corrected chi connectivity index (χ2v) is 6.23. The first-order valence-electron chi connectivity index (χ1n) is 8.70. The van der Waals surface area contributed by atoms with Gasteiger partial charge in [0, 0.05) is 45.4 Å². The molecule has 0 saturated carbocycles.